The van der Waals surface area contributed by atoms with Gasteiger partial charge in [-0.05, 0) is 26.7 Å². The number of nitrogens with zero attached hydrogens (tertiary/aromatic N) is 3. The van der Waals surface area contributed by atoms with Gasteiger partial charge in [-0.25, -0.2) is 9.98 Å². The van der Waals surface area contributed by atoms with Crippen molar-refractivity contribution in [1.82, 2.24) is 20.8 Å². The van der Waals surface area contributed by atoms with Crippen molar-refractivity contribution in [3.63, 3.8) is 0 Å². The molecule has 140 valence electrons. The van der Waals surface area contributed by atoms with Crippen molar-refractivity contribution in [2.24, 2.45) is 4.99 Å². The number of rotatable bonds is 8. The minimum Gasteiger partial charge on any atom is -0.359 e. The molecule has 2 N–H and O–H groups in total. The zero-order valence-electron chi connectivity index (χ0n) is 15.3. The summed E-state index contributed by atoms with van der Waals surface area (Å²) in [4.78, 5) is 10.1. The quantitative estimate of drug-likeness (QED) is 0.339. The van der Waals surface area contributed by atoms with Crippen molar-refractivity contribution in [2.45, 2.75) is 59.5 Å². The first-order valence-corrected chi connectivity index (χ1v) is 9.42. The van der Waals surface area contributed by atoms with E-state index in [0.29, 0.717) is 12.5 Å². The molecule has 2 aromatic rings. The third-order valence-corrected chi connectivity index (χ3v) is 4.91. The summed E-state index contributed by atoms with van der Waals surface area (Å²) < 4.78 is 5.43. The van der Waals surface area contributed by atoms with E-state index in [9.17, 15) is 0 Å². The Morgan fingerprint density at radius 2 is 2.04 bits per heavy atom. The number of thiazole rings is 1. The molecular weight excluding hydrogens is 449 g/mol. The molecule has 0 amide bonds. The molecule has 0 aliphatic carbocycles. The molecule has 0 aliphatic heterocycles. The summed E-state index contributed by atoms with van der Waals surface area (Å²) in [7, 11) is 0. The third-order valence-electron chi connectivity index (χ3n) is 3.98. The highest BCUT2D eigenvalue weighted by molar-refractivity contribution is 14.0. The van der Waals surface area contributed by atoms with Crippen LogP contribution in [0.1, 0.15) is 61.6 Å². The van der Waals surface area contributed by atoms with Crippen molar-refractivity contribution in [3.8, 4) is 0 Å². The number of aliphatic imine (C=N–C) groups is 1. The Hall–Kier alpha value is -1.16. The number of nitrogens with one attached hydrogen (secondary N) is 2. The monoisotopic (exact) mass is 477 g/mol. The second-order valence-electron chi connectivity index (χ2n) is 5.64. The SMILES string of the molecule is CCNC(=NCc1cc(C(CC)CC)no1)NCc1scnc1C.I. The maximum Gasteiger partial charge on any atom is 0.191 e. The van der Waals surface area contributed by atoms with E-state index in [-0.39, 0.29) is 24.0 Å². The smallest absolute Gasteiger partial charge is 0.191 e. The fourth-order valence-corrected chi connectivity index (χ4v) is 3.18. The molecule has 0 atom stereocenters. The fraction of sp³-hybridized carbons (Fsp3) is 0.588. The van der Waals surface area contributed by atoms with Gasteiger partial charge in [0.25, 0.3) is 0 Å². The molecule has 0 aromatic carbocycles. The van der Waals surface area contributed by atoms with Gasteiger partial charge in [-0.1, -0.05) is 19.0 Å². The molecule has 0 fully saturated rings. The van der Waals surface area contributed by atoms with Gasteiger partial charge in [-0.3, -0.25) is 0 Å². The molecule has 0 spiro atoms. The van der Waals surface area contributed by atoms with Crippen LogP contribution in [0.2, 0.25) is 0 Å². The van der Waals surface area contributed by atoms with Crippen LogP contribution in [0, 0.1) is 6.92 Å². The van der Waals surface area contributed by atoms with Crippen LogP contribution in [0.3, 0.4) is 0 Å². The van der Waals surface area contributed by atoms with Crippen LogP contribution in [0.15, 0.2) is 21.1 Å². The van der Waals surface area contributed by atoms with Crippen LogP contribution < -0.4 is 10.6 Å². The van der Waals surface area contributed by atoms with E-state index in [4.69, 9.17) is 4.52 Å². The average molecular weight is 477 g/mol. The zero-order valence-corrected chi connectivity index (χ0v) is 18.5. The van der Waals surface area contributed by atoms with Gasteiger partial charge in [-0.15, -0.1) is 35.3 Å². The molecule has 2 heterocycles. The molecule has 0 aliphatic rings. The average Bonchev–Trinajstić information content (AvgIpc) is 3.21. The van der Waals surface area contributed by atoms with Gasteiger partial charge in [0.2, 0.25) is 0 Å². The van der Waals surface area contributed by atoms with Gasteiger partial charge in [0, 0.05) is 23.4 Å². The van der Waals surface area contributed by atoms with Crippen LogP contribution in [0.25, 0.3) is 0 Å². The zero-order chi connectivity index (χ0) is 17.4. The van der Waals surface area contributed by atoms with Gasteiger partial charge in [0.1, 0.15) is 6.54 Å². The Kier molecular flexibility index (Phi) is 10.0. The molecular formula is C17H28IN5OS. The third kappa shape index (κ3) is 6.58. The lowest BCUT2D eigenvalue weighted by Crippen LogP contribution is -2.36. The van der Waals surface area contributed by atoms with Crippen molar-refractivity contribution in [3.05, 3.63) is 33.6 Å². The highest BCUT2D eigenvalue weighted by Gasteiger charge is 2.12. The number of aryl methyl sites for hydroxylation is 1. The summed E-state index contributed by atoms with van der Waals surface area (Å²) in [6.07, 6.45) is 2.15. The van der Waals surface area contributed by atoms with Crippen molar-refractivity contribution in [1.29, 1.82) is 0 Å². The normalized spacial score (nSPS) is 11.5. The Bertz CT molecular complexity index is 651. The number of hydrogen-bond donors (Lipinski definition) is 2. The highest BCUT2D eigenvalue weighted by Crippen LogP contribution is 2.22. The highest BCUT2D eigenvalue weighted by atomic mass is 127. The second-order valence-corrected chi connectivity index (χ2v) is 6.58. The van der Waals surface area contributed by atoms with Crippen LogP contribution in [0.5, 0.6) is 0 Å². The molecule has 0 radical (unpaired) electrons. The predicted molar refractivity (Wildman–Crippen MR) is 114 cm³/mol. The van der Waals surface area contributed by atoms with E-state index in [2.05, 4.69) is 46.5 Å². The molecule has 25 heavy (non-hydrogen) atoms. The maximum absolute atomic E-state index is 5.43. The number of halogens is 1. The fourth-order valence-electron chi connectivity index (χ4n) is 2.46. The maximum atomic E-state index is 5.43. The van der Waals surface area contributed by atoms with E-state index in [1.54, 1.807) is 11.3 Å². The molecule has 0 saturated carbocycles. The number of guanidine groups is 1. The summed E-state index contributed by atoms with van der Waals surface area (Å²) >= 11 is 1.65. The summed E-state index contributed by atoms with van der Waals surface area (Å²) in [6.45, 7) is 10.4. The predicted octanol–water partition coefficient (Wildman–Crippen LogP) is 4.22. The lowest BCUT2D eigenvalue weighted by atomic mass is 9.99. The molecule has 0 unspecified atom stereocenters. The summed E-state index contributed by atoms with van der Waals surface area (Å²) in [5.41, 5.74) is 3.96. The van der Waals surface area contributed by atoms with Crippen LogP contribution in [0.4, 0.5) is 0 Å². The van der Waals surface area contributed by atoms with Gasteiger partial charge in [-0.2, -0.15) is 0 Å². The molecule has 8 heteroatoms. The van der Waals surface area contributed by atoms with Gasteiger partial charge < -0.3 is 15.2 Å². The molecule has 2 rings (SSSR count). The number of hydrogen-bond acceptors (Lipinski definition) is 5. The van der Waals surface area contributed by atoms with Crippen molar-refractivity contribution in [2.75, 3.05) is 6.54 Å². The van der Waals surface area contributed by atoms with Gasteiger partial charge in [0.15, 0.2) is 11.7 Å². The minimum atomic E-state index is 0. The van der Waals surface area contributed by atoms with E-state index in [1.165, 1.54) is 4.88 Å². The van der Waals surface area contributed by atoms with E-state index >= 15 is 0 Å². The van der Waals surface area contributed by atoms with E-state index in [0.717, 1.165) is 49.0 Å². The largest absolute Gasteiger partial charge is 0.359 e. The van der Waals surface area contributed by atoms with Crippen LogP contribution >= 0.6 is 35.3 Å². The van der Waals surface area contributed by atoms with Crippen LogP contribution in [-0.4, -0.2) is 22.6 Å². The Balaban J connectivity index is 0.00000312. The molecule has 6 nitrogen and oxygen atoms in total. The van der Waals surface area contributed by atoms with Gasteiger partial charge >= 0.3 is 0 Å². The first-order valence-electron chi connectivity index (χ1n) is 8.54. The molecule has 0 bridgehead atoms. The summed E-state index contributed by atoms with van der Waals surface area (Å²) in [5.74, 6) is 2.03. The molecule has 0 saturated heterocycles. The van der Waals surface area contributed by atoms with E-state index in [1.807, 2.05) is 18.5 Å². The lowest BCUT2D eigenvalue weighted by Gasteiger charge is -2.10. The van der Waals surface area contributed by atoms with Crippen molar-refractivity contribution < 1.29 is 4.52 Å². The first kappa shape index (κ1) is 21.9. The molecule has 2 aromatic heterocycles. The second kappa shape index (κ2) is 11.5. The van der Waals surface area contributed by atoms with Crippen molar-refractivity contribution >= 4 is 41.3 Å². The summed E-state index contributed by atoms with van der Waals surface area (Å²) in [6, 6.07) is 2.03. The number of aromatic nitrogens is 2. The standard InChI is InChI=1S/C17H27N5OS.HI/c1-5-13(6-2)15-8-14(23-22-15)9-19-17(18-7-3)20-10-16-12(4)21-11-24-16;/h8,11,13H,5-7,9-10H2,1-4H3,(H2,18,19,20);1H. The topological polar surface area (TPSA) is 75.3 Å². The Morgan fingerprint density at radius 1 is 1.28 bits per heavy atom. The van der Waals surface area contributed by atoms with Crippen LogP contribution in [-0.2, 0) is 13.1 Å². The Morgan fingerprint density at radius 3 is 2.64 bits per heavy atom. The van der Waals surface area contributed by atoms with E-state index < -0.39 is 0 Å². The first-order chi connectivity index (χ1) is 11.7. The Labute approximate surface area is 170 Å². The lowest BCUT2D eigenvalue weighted by molar-refractivity contribution is 0.372. The summed E-state index contributed by atoms with van der Waals surface area (Å²) in [5, 5.41) is 10.8. The minimum absolute atomic E-state index is 0. The van der Waals surface area contributed by atoms with Gasteiger partial charge in [0.05, 0.1) is 23.4 Å².